The summed E-state index contributed by atoms with van der Waals surface area (Å²) >= 11 is 15.4. The van der Waals surface area contributed by atoms with E-state index >= 15 is 0 Å². The molecular weight excluding hydrogens is 395 g/mol. The maximum Gasteiger partial charge on any atom is 0.226 e. The summed E-state index contributed by atoms with van der Waals surface area (Å²) < 4.78 is 0.791. The fourth-order valence-electron chi connectivity index (χ4n) is 2.24. The van der Waals surface area contributed by atoms with Crippen LogP contribution in [0.25, 0.3) is 10.2 Å². The van der Waals surface area contributed by atoms with Gasteiger partial charge < -0.3 is 5.32 Å². The molecule has 7 heteroatoms. The van der Waals surface area contributed by atoms with Gasteiger partial charge in [0.1, 0.15) is 5.52 Å². The third-order valence-corrected chi connectivity index (χ3v) is 6.36. The van der Waals surface area contributed by atoms with Crippen molar-refractivity contribution in [3.8, 4) is 0 Å². The molecular formula is C18H16Cl2N2OS2. The lowest BCUT2D eigenvalue weighted by molar-refractivity contribution is -0.116. The lowest BCUT2D eigenvalue weighted by Crippen LogP contribution is -2.11. The van der Waals surface area contributed by atoms with Gasteiger partial charge in [0.2, 0.25) is 5.91 Å². The predicted octanol–water partition coefficient (Wildman–Crippen LogP) is 6.42. The summed E-state index contributed by atoms with van der Waals surface area (Å²) in [5, 5.41) is 4.49. The Balaban J connectivity index is 1.50. The number of hydrogen-bond donors (Lipinski definition) is 1. The van der Waals surface area contributed by atoms with Gasteiger partial charge in [-0.05, 0) is 43.4 Å². The number of hydrogen-bond acceptors (Lipinski definition) is 4. The van der Waals surface area contributed by atoms with Gasteiger partial charge >= 0.3 is 0 Å². The normalized spacial score (nSPS) is 11.0. The Hall–Kier alpha value is -1.27. The van der Waals surface area contributed by atoms with Crippen molar-refractivity contribution < 1.29 is 4.79 Å². The van der Waals surface area contributed by atoms with E-state index in [-0.39, 0.29) is 5.91 Å². The number of aryl methyl sites for hydroxylation is 1. The third-order valence-electron chi connectivity index (χ3n) is 3.53. The number of thiazole rings is 1. The average molecular weight is 411 g/mol. The van der Waals surface area contributed by atoms with Crippen LogP contribution in [0.15, 0.2) is 41.3 Å². The number of nitrogens with one attached hydrogen (secondary N) is 1. The third kappa shape index (κ3) is 4.88. The van der Waals surface area contributed by atoms with Crippen LogP contribution in [0, 0.1) is 6.92 Å². The van der Waals surface area contributed by atoms with E-state index in [1.54, 1.807) is 23.9 Å². The first-order chi connectivity index (χ1) is 12.0. The highest BCUT2D eigenvalue weighted by molar-refractivity contribution is 7.99. The van der Waals surface area contributed by atoms with Gasteiger partial charge in [0.25, 0.3) is 0 Å². The molecule has 1 heterocycles. The molecule has 130 valence electrons. The second kappa shape index (κ2) is 8.41. The molecule has 0 saturated heterocycles. The van der Waals surface area contributed by atoms with Crippen molar-refractivity contribution in [3.63, 3.8) is 0 Å². The molecule has 3 aromatic rings. The van der Waals surface area contributed by atoms with E-state index in [4.69, 9.17) is 23.2 Å². The average Bonchev–Trinajstić information content (AvgIpc) is 3.02. The highest BCUT2D eigenvalue weighted by Gasteiger charge is 2.12. The summed E-state index contributed by atoms with van der Waals surface area (Å²) in [5.41, 5.74) is 1.88. The minimum atomic E-state index is -0.0455. The maximum atomic E-state index is 12.1. The molecule has 1 N–H and O–H groups in total. The summed E-state index contributed by atoms with van der Waals surface area (Å²) in [7, 11) is 0. The number of carbonyl (C=O) groups excluding carboxylic acids is 1. The van der Waals surface area contributed by atoms with E-state index in [0.717, 1.165) is 16.9 Å². The number of halogens is 2. The zero-order valence-electron chi connectivity index (χ0n) is 13.5. The molecule has 0 radical (unpaired) electrons. The van der Waals surface area contributed by atoms with Crippen molar-refractivity contribution in [2.24, 2.45) is 0 Å². The fourth-order valence-corrected chi connectivity index (χ4v) is 4.53. The van der Waals surface area contributed by atoms with Gasteiger partial charge in [0, 0.05) is 11.3 Å². The molecule has 25 heavy (non-hydrogen) atoms. The summed E-state index contributed by atoms with van der Waals surface area (Å²) in [6.45, 7) is 2.07. The van der Waals surface area contributed by atoms with E-state index in [1.165, 1.54) is 21.8 Å². The summed E-state index contributed by atoms with van der Waals surface area (Å²) in [6, 6.07) is 11.8. The number of thioether (sulfide) groups is 1. The van der Waals surface area contributed by atoms with Crippen LogP contribution in [0.5, 0.6) is 0 Å². The van der Waals surface area contributed by atoms with Crippen molar-refractivity contribution in [1.82, 2.24) is 4.98 Å². The van der Waals surface area contributed by atoms with Crippen LogP contribution in [0.4, 0.5) is 5.13 Å². The van der Waals surface area contributed by atoms with Gasteiger partial charge in [-0.15, -0.1) is 11.8 Å². The Bertz CT molecular complexity index is 855. The Labute approximate surface area is 164 Å². The zero-order valence-corrected chi connectivity index (χ0v) is 16.7. The topological polar surface area (TPSA) is 42.0 Å². The van der Waals surface area contributed by atoms with E-state index < -0.39 is 0 Å². The highest BCUT2D eigenvalue weighted by Crippen LogP contribution is 2.36. The molecule has 0 aliphatic heterocycles. The van der Waals surface area contributed by atoms with E-state index in [2.05, 4.69) is 41.5 Å². The lowest BCUT2D eigenvalue weighted by atomic mass is 10.2. The van der Waals surface area contributed by atoms with E-state index in [9.17, 15) is 4.79 Å². The largest absolute Gasteiger partial charge is 0.302 e. The number of nitrogens with zero attached hydrogens (tertiary/aromatic N) is 1. The van der Waals surface area contributed by atoms with Gasteiger partial charge in [-0.2, -0.15) is 0 Å². The smallest absolute Gasteiger partial charge is 0.226 e. The fraction of sp³-hybridized carbons (Fsp3) is 0.222. The molecule has 0 bridgehead atoms. The zero-order chi connectivity index (χ0) is 17.8. The molecule has 0 unspecified atom stereocenters. The number of carbonyl (C=O) groups is 1. The number of fused-ring (bicyclic) bond motifs is 1. The standard InChI is InChI=1S/C18H16Cl2N2OS2/c1-11-4-6-12(7-5-11)24-10-2-3-15(23)21-18-22-16-13(19)8-9-14(20)17(16)25-18/h4-9H,2-3,10H2,1H3,(H,21,22,23). The number of benzene rings is 2. The molecule has 2 aromatic carbocycles. The number of anilines is 1. The Morgan fingerprint density at radius 1 is 1.16 bits per heavy atom. The molecule has 0 aliphatic carbocycles. The SMILES string of the molecule is Cc1ccc(SCCCC(=O)Nc2nc3c(Cl)ccc(Cl)c3s2)cc1. The maximum absolute atomic E-state index is 12.1. The van der Waals surface area contributed by atoms with Gasteiger partial charge in [-0.3, -0.25) is 4.79 Å². The van der Waals surface area contributed by atoms with Gasteiger partial charge in [0.05, 0.1) is 14.7 Å². The van der Waals surface area contributed by atoms with E-state index in [1.807, 2.05) is 0 Å². The summed E-state index contributed by atoms with van der Waals surface area (Å²) in [4.78, 5) is 17.7. The molecule has 0 aliphatic rings. The van der Waals surface area contributed by atoms with Crippen molar-refractivity contribution in [1.29, 1.82) is 0 Å². The molecule has 0 atom stereocenters. The van der Waals surface area contributed by atoms with Crippen LogP contribution >= 0.6 is 46.3 Å². The molecule has 1 aromatic heterocycles. The van der Waals surface area contributed by atoms with Gasteiger partial charge in [-0.1, -0.05) is 52.2 Å². The van der Waals surface area contributed by atoms with Crippen LogP contribution < -0.4 is 5.32 Å². The second-order valence-electron chi connectivity index (χ2n) is 5.54. The number of rotatable bonds is 6. The van der Waals surface area contributed by atoms with E-state index in [0.29, 0.717) is 27.1 Å². The van der Waals surface area contributed by atoms with Crippen molar-refractivity contribution in [2.75, 3.05) is 11.1 Å². The predicted molar refractivity (Wildman–Crippen MR) is 109 cm³/mol. The summed E-state index contributed by atoms with van der Waals surface area (Å²) in [6.07, 6.45) is 1.26. The number of amides is 1. The van der Waals surface area contributed by atoms with Crippen LogP contribution in [0.2, 0.25) is 10.0 Å². The summed E-state index contributed by atoms with van der Waals surface area (Å²) in [5.74, 6) is 0.851. The van der Waals surface area contributed by atoms with Crippen molar-refractivity contribution >= 4 is 67.6 Å². The molecule has 3 rings (SSSR count). The molecule has 3 nitrogen and oxygen atoms in total. The Morgan fingerprint density at radius 3 is 2.60 bits per heavy atom. The van der Waals surface area contributed by atoms with Crippen molar-refractivity contribution in [2.45, 2.75) is 24.7 Å². The minimum Gasteiger partial charge on any atom is -0.302 e. The van der Waals surface area contributed by atoms with Crippen molar-refractivity contribution in [3.05, 3.63) is 52.0 Å². The van der Waals surface area contributed by atoms with Gasteiger partial charge in [-0.25, -0.2) is 4.98 Å². The lowest BCUT2D eigenvalue weighted by Gasteiger charge is -2.03. The van der Waals surface area contributed by atoms with Crippen LogP contribution in [0.1, 0.15) is 18.4 Å². The molecule has 1 amide bonds. The monoisotopic (exact) mass is 410 g/mol. The first-order valence-corrected chi connectivity index (χ1v) is 10.3. The van der Waals surface area contributed by atoms with Crippen LogP contribution in [-0.2, 0) is 4.79 Å². The highest BCUT2D eigenvalue weighted by atomic mass is 35.5. The minimum absolute atomic E-state index is 0.0455. The Morgan fingerprint density at radius 2 is 1.88 bits per heavy atom. The van der Waals surface area contributed by atoms with Gasteiger partial charge in [0.15, 0.2) is 5.13 Å². The quantitative estimate of drug-likeness (QED) is 0.376. The first kappa shape index (κ1) is 18.5. The molecule has 0 fully saturated rings. The number of aromatic nitrogens is 1. The molecule has 0 spiro atoms. The first-order valence-electron chi connectivity index (χ1n) is 7.77. The second-order valence-corrected chi connectivity index (χ2v) is 8.52. The van der Waals surface area contributed by atoms with Crippen LogP contribution in [0.3, 0.4) is 0 Å². The molecule has 0 saturated carbocycles. The Kier molecular flexibility index (Phi) is 6.23. The van der Waals surface area contributed by atoms with Crippen LogP contribution in [-0.4, -0.2) is 16.6 Å².